The minimum atomic E-state index is -0.318. The van der Waals surface area contributed by atoms with Crippen molar-refractivity contribution in [2.24, 2.45) is 5.92 Å². The summed E-state index contributed by atoms with van der Waals surface area (Å²) in [6.45, 7) is 11.5. The largest absolute Gasteiger partial charge is 0.462 e. The maximum Gasteiger partial charge on any atom is 0.293 e. The second kappa shape index (κ2) is 9.24. The summed E-state index contributed by atoms with van der Waals surface area (Å²) in [6.07, 6.45) is 0.929. The summed E-state index contributed by atoms with van der Waals surface area (Å²) in [5, 5.41) is 4.28. The molecule has 0 bridgehead atoms. The number of fused-ring (bicyclic) bond motifs is 3. The number of benzene rings is 1. The lowest BCUT2D eigenvalue weighted by molar-refractivity contribution is -0.138. The normalized spacial score (nSPS) is 16.4. The summed E-state index contributed by atoms with van der Waals surface area (Å²) in [6, 6.07) is 8.57. The molecule has 1 aliphatic heterocycles. The van der Waals surface area contributed by atoms with Gasteiger partial charge in [-0.15, -0.1) is 0 Å². The van der Waals surface area contributed by atoms with E-state index in [0.29, 0.717) is 18.9 Å². The van der Waals surface area contributed by atoms with Crippen molar-refractivity contribution in [3.63, 3.8) is 0 Å². The molecule has 6 heteroatoms. The van der Waals surface area contributed by atoms with E-state index in [1.165, 1.54) is 22.2 Å². The van der Waals surface area contributed by atoms with E-state index in [4.69, 9.17) is 0 Å². The quantitative estimate of drug-likeness (QED) is 0.788. The van der Waals surface area contributed by atoms with Crippen LogP contribution in [0.25, 0.3) is 10.9 Å². The van der Waals surface area contributed by atoms with Gasteiger partial charge in [0.25, 0.3) is 6.47 Å². The highest BCUT2D eigenvalue weighted by atomic mass is 16.5. The van der Waals surface area contributed by atoms with Gasteiger partial charge in [0, 0.05) is 23.1 Å². The van der Waals surface area contributed by atoms with E-state index in [1.807, 2.05) is 32.7 Å². The number of carbonyl (C=O) groups excluding carboxylic acids is 2. The van der Waals surface area contributed by atoms with Gasteiger partial charge in [0.05, 0.1) is 12.6 Å². The van der Waals surface area contributed by atoms with Crippen molar-refractivity contribution in [3.8, 4) is 0 Å². The molecule has 0 spiro atoms. The van der Waals surface area contributed by atoms with Crippen molar-refractivity contribution in [2.45, 2.75) is 52.7 Å². The fourth-order valence-corrected chi connectivity index (χ4v) is 3.64. The van der Waals surface area contributed by atoms with Crippen molar-refractivity contribution in [1.29, 1.82) is 0 Å². The van der Waals surface area contributed by atoms with Gasteiger partial charge in [0.1, 0.15) is 5.60 Å². The SMILES string of the molecule is CC(C)(C)OC=O.CNCC(=O)N1CCc2c([nH]c3ccccc23)C1C(C)C. The van der Waals surface area contributed by atoms with E-state index in [-0.39, 0.29) is 17.6 Å². The van der Waals surface area contributed by atoms with Crippen molar-refractivity contribution < 1.29 is 14.3 Å². The third-order valence-corrected chi connectivity index (χ3v) is 4.76. The topological polar surface area (TPSA) is 74.4 Å². The standard InChI is InChI=1S/C17H23N3O.C5H10O2/c1-11(2)17-16-13(8-9-20(17)15(21)10-18-3)12-6-4-5-7-14(12)19-16;1-5(2,3)7-4-6/h4-7,11,17-19H,8-10H2,1-3H3;4H,1-3H3. The zero-order chi connectivity index (χ0) is 20.9. The monoisotopic (exact) mass is 387 g/mol. The second-order valence-corrected chi connectivity index (χ2v) is 8.45. The molecule has 0 fully saturated rings. The van der Waals surface area contributed by atoms with Crippen molar-refractivity contribution in [3.05, 3.63) is 35.5 Å². The Bertz CT molecular complexity index is 805. The summed E-state index contributed by atoms with van der Waals surface area (Å²) < 4.78 is 4.55. The summed E-state index contributed by atoms with van der Waals surface area (Å²) in [4.78, 5) is 27.6. The first-order chi connectivity index (χ1) is 13.2. The molecule has 2 aromatic rings. The van der Waals surface area contributed by atoms with E-state index in [0.717, 1.165) is 13.0 Å². The van der Waals surface area contributed by atoms with Gasteiger partial charge in [-0.25, -0.2) is 0 Å². The lowest BCUT2D eigenvalue weighted by atomic mass is 9.90. The minimum Gasteiger partial charge on any atom is -0.462 e. The predicted octanol–water partition coefficient (Wildman–Crippen LogP) is 3.43. The average Bonchev–Trinajstić information content (AvgIpc) is 2.99. The average molecular weight is 388 g/mol. The Hall–Kier alpha value is -2.34. The van der Waals surface area contributed by atoms with Crippen LogP contribution in [0.2, 0.25) is 0 Å². The van der Waals surface area contributed by atoms with Gasteiger partial charge < -0.3 is 19.9 Å². The molecule has 1 unspecified atom stereocenters. The Morgan fingerprint density at radius 3 is 2.57 bits per heavy atom. The molecule has 3 rings (SSSR count). The number of likely N-dealkylation sites (N-methyl/N-ethyl adjacent to an activating group) is 1. The maximum atomic E-state index is 12.4. The zero-order valence-electron chi connectivity index (χ0n) is 17.8. The number of aromatic nitrogens is 1. The van der Waals surface area contributed by atoms with Gasteiger partial charge in [-0.3, -0.25) is 9.59 Å². The maximum absolute atomic E-state index is 12.4. The first-order valence-corrected chi connectivity index (χ1v) is 9.84. The van der Waals surface area contributed by atoms with E-state index in [2.05, 4.69) is 53.2 Å². The molecule has 6 nitrogen and oxygen atoms in total. The van der Waals surface area contributed by atoms with E-state index < -0.39 is 0 Å². The van der Waals surface area contributed by atoms with Gasteiger partial charge in [0.2, 0.25) is 5.91 Å². The first-order valence-electron chi connectivity index (χ1n) is 9.84. The van der Waals surface area contributed by atoms with E-state index >= 15 is 0 Å². The number of rotatable bonds is 4. The van der Waals surface area contributed by atoms with Crippen LogP contribution in [0.5, 0.6) is 0 Å². The fourth-order valence-electron chi connectivity index (χ4n) is 3.64. The number of amides is 1. The summed E-state index contributed by atoms with van der Waals surface area (Å²) in [7, 11) is 1.82. The molecule has 1 aromatic heterocycles. The Kier molecular flexibility index (Phi) is 7.24. The third kappa shape index (κ3) is 5.13. The van der Waals surface area contributed by atoms with Crippen molar-refractivity contribution in [1.82, 2.24) is 15.2 Å². The zero-order valence-corrected chi connectivity index (χ0v) is 17.8. The Labute approximate surface area is 167 Å². The fraction of sp³-hybridized carbons (Fsp3) is 0.545. The number of aromatic amines is 1. The molecule has 0 saturated carbocycles. The van der Waals surface area contributed by atoms with E-state index in [1.54, 1.807) is 0 Å². The van der Waals surface area contributed by atoms with Crippen LogP contribution < -0.4 is 5.32 Å². The lowest BCUT2D eigenvalue weighted by Gasteiger charge is -2.38. The van der Waals surface area contributed by atoms with E-state index in [9.17, 15) is 9.59 Å². The molecule has 1 aliphatic rings. The Morgan fingerprint density at radius 2 is 2.04 bits per heavy atom. The molecule has 28 heavy (non-hydrogen) atoms. The molecular formula is C22H33N3O3. The van der Waals surface area contributed by atoms with Crippen LogP contribution in [0.4, 0.5) is 0 Å². The molecule has 0 saturated heterocycles. The highest BCUT2D eigenvalue weighted by Crippen LogP contribution is 2.38. The number of carbonyl (C=O) groups is 2. The molecule has 2 heterocycles. The van der Waals surface area contributed by atoms with Crippen LogP contribution >= 0.6 is 0 Å². The van der Waals surface area contributed by atoms with Gasteiger partial charge in [-0.1, -0.05) is 32.0 Å². The van der Waals surface area contributed by atoms with Crippen LogP contribution in [0, 0.1) is 5.92 Å². The number of nitrogens with one attached hydrogen (secondary N) is 2. The number of para-hydroxylation sites is 1. The second-order valence-electron chi connectivity index (χ2n) is 8.45. The van der Waals surface area contributed by atoms with Crippen LogP contribution in [-0.2, 0) is 20.7 Å². The Balaban J connectivity index is 0.000000345. The first kappa shape index (κ1) is 22.0. The lowest BCUT2D eigenvalue weighted by Crippen LogP contribution is -2.45. The van der Waals surface area contributed by atoms with Crippen molar-refractivity contribution in [2.75, 3.05) is 20.1 Å². The van der Waals surface area contributed by atoms with Gasteiger partial charge in [-0.05, 0) is 51.8 Å². The molecule has 1 amide bonds. The summed E-state index contributed by atoms with van der Waals surface area (Å²) in [5.41, 5.74) is 3.47. The number of nitrogens with zero attached hydrogens (tertiary/aromatic N) is 1. The molecule has 154 valence electrons. The highest BCUT2D eigenvalue weighted by Gasteiger charge is 2.34. The molecule has 2 N–H and O–H groups in total. The van der Waals surface area contributed by atoms with Gasteiger partial charge >= 0.3 is 0 Å². The minimum absolute atomic E-state index is 0.141. The smallest absolute Gasteiger partial charge is 0.293 e. The summed E-state index contributed by atoms with van der Waals surface area (Å²) >= 11 is 0. The van der Waals surface area contributed by atoms with Crippen LogP contribution in [0.1, 0.15) is 51.9 Å². The van der Waals surface area contributed by atoms with Crippen LogP contribution in [0.15, 0.2) is 24.3 Å². The molecule has 0 aliphatic carbocycles. The number of ether oxygens (including phenoxy) is 1. The Morgan fingerprint density at radius 1 is 1.36 bits per heavy atom. The summed E-state index contributed by atoms with van der Waals surface area (Å²) in [5.74, 6) is 0.568. The van der Waals surface area contributed by atoms with Crippen LogP contribution in [0.3, 0.4) is 0 Å². The number of hydrogen-bond donors (Lipinski definition) is 2. The molecular weight excluding hydrogens is 354 g/mol. The van der Waals surface area contributed by atoms with Gasteiger partial charge in [0.15, 0.2) is 0 Å². The third-order valence-electron chi connectivity index (χ3n) is 4.76. The van der Waals surface area contributed by atoms with Crippen LogP contribution in [-0.4, -0.2) is 48.0 Å². The predicted molar refractivity (Wildman–Crippen MR) is 112 cm³/mol. The number of hydrogen-bond acceptors (Lipinski definition) is 4. The highest BCUT2D eigenvalue weighted by molar-refractivity contribution is 5.86. The molecule has 0 radical (unpaired) electrons. The number of H-pyrrole nitrogens is 1. The molecule has 1 aromatic carbocycles. The van der Waals surface area contributed by atoms with Gasteiger partial charge in [-0.2, -0.15) is 0 Å². The van der Waals surface area contributed by atoms with Crippen molar-refractivity contribution >= 4 is 23.3 Å². The molecule has 1 atom stereocenters.